The predicted molar refractivity (Wildman–Crippen MR) is 56.2 cm³/mol. The van der Waals surface area contributed by atoms with Crippen molar-refractivity contribution >= 4 is 5.82 Å². The maximum absolute atomic E-state index is 12.2. The molecule has 0 bridgehead atoms. The van der Waals surface area contributed by atoms with E-state index >= 15 is 0 Å². The minimum atomic E-state index is -4.44. The standard InChI is InChI=1S/C10H13F3N4/c11-10(12,13)7-1-2-8(17-16-7)15-6-9(5-14)3-4-9/h1-2H,3-6,14H2,(H,15,17). The summed E-state index contributed by atoms with van der Waals surface area (Å²) in [6.07, 6.45) is -2.35. The maximum atomic E-state index is 12.2. The number of nitrogens with zero attached hydrogens (tertiary/aromatic N) is 2. The fourth-order valence-electron chi connectivity index (χ4n) is 1.49. The second-order valence-corrected chi connectivity index (χ2v) is 4.36. The lowest BCUT2D eigenvalue weighted by atomic mass is 10.1. The minimum Gasteiger partial charge on any atom is -0.368 e. The van der Waals surface area contributed by atoms with Crippen LogP contribution in [-0.2, 0) is 6.18 Å². The summed E-state index contributed by atoms with van der Waals surface area (Å²) in [4.78, 5) is 0. The van der Waals surface area contributed by atoms with Gasteiger partial charge in [0.2, 0.25) is 0 Å². The van der Waals surface area contributed by atoms with Crippen LogP contribution in [0.4, 0.5) is 19.0 Å². The van der Waals surface area contributed by atoms with E-state index in [1.165, 1.54) is 6.07 Å². The lowest BCUT2D eigenvalue weighted by Crippen LogP contribution is -2.24. The van der Waals surface area contributed by atoms with Crippen LogP contribution in [0.15, 0.2) is 12.1 Å². The van der Waals surface area contributed by atoms with Crippen molar-refractivity contribution in [2.45, 2.75) is 19.0 Å². The molecule has 1 aliphatic carbocycles. The smallest absolute Gasteiger partial charge is 0.368 e. The Kier molecular flexibility index (Phi) is 2.94. The van der Waals surface area contributed by atoms with Gasteiger partial charge in [-0.25, -0.2) is 0 Å². The summed E-state index contributed by atoms with van der Waals surface area (Å²) in [6.45, 7) is 1.21. The summed E-state index contributed by atoms with van der Waals surface area (Å²) >= 11 is 0. The second-order valence-electron chi connectivity index (χ2n) is 4.36. The Labute approximate surface area is 96.4 Å². The molecule has 0 unspecified atom stereocenters. The highest BCUT2D eigenvalue weighted by Gasteiger charge is 2.41. The van der Waals surface area contributed by atoms with Crippen molar-refractivity contribution < 1.29 is 13.2 Å². The maximum Gasteiger partial charge on any atom is 0.435 e. The third kappa shape index (κ3) is 2.85. The lowest BCUT2D eigenvalue weighted by Gasteiger charge is -2.13. The van der Waals surface area contributed by atoms with Crippen molar-refractivity contribution in [1.29, 1.82) is 0 Å². The first-order valence-electron chi connectivity index (χ1n) is 5.30. The Morgan fingerprint density at radius 1 is 1.29 bits per heavy atom. The molecule has 0 saturated heterocycles. The van der Waals surface area contributed by atoms with E-state index in [1.54, 1.807) is 0 Å². The Morgan fingerprint density at radius 2 is 2.00 bits per heavy atom. The summed E-state index contributed by atoms with van der Waals surface area (Å²) < 4.78 is 36.7. The first-order valence-corrected chi connectivity index (χ1v) is 5.30. The van der Waals surface area contributed by atoms with E-state index in [2.05, 4.69) is 15.5 Å². The van der Waals surface area contributed by atoms with Crippen LogP contribution in [0.2, 0.25) is 0 Å². The number of hydrogen-bond donors (Lipinski definition) is 2. The van der Waals surface area contributed by atoms with Crippen LogP contribution in [0.5, 0.6) is 0 Å². The van der Waals surface area contributed by atoms with Gasteiger partial charge in [0.25, 0.3) is 0 Å². The molecule has 0 radical (unpaired) electrons. The van der Waals surface area contributed by atoms with Crippen molar-refractivity contribution in [3.8, 4) is 0 Å². The number of halogens is 3. The zero-order valence-corrected chi connectivity index (χ0v) is 9.09. The van der Waals surface area contributed by atoms with Gasteiger partial charge >= 0.3 is 6.18 Å². The largest absolute Gasteiger partial charge is 0.435 e. The van der Waals surface area contributed by atoms with Gasteiger partial charge in [-0.1, -0.05) is 0 Å². The molecule has 2 rings (SSSR count). The van der Waals surface area contributed by atoms with Crippen molar-refractivity contribution in [1.82, 2.24) is 10.2 Å². The van der Waals surface area contributed by atoms with Crippen LogP contribution in [-0.4, -0.2) is 23.3 Å². The molecular weight excluding hydrogens is 233 g/mol. The molecule has 17 heavy (non-hydrogen) atoms. The summed E-state index contributed by atoms with van der Waals surface area (Å²) in [5, 5.41) is 9.57. The Morgan fingerprint density at radius 3 is 2.41 bits per heavy atom. The molecule has 94 valence electrons. The molecule has 4 nitrogen and oxygen atoms in total. The van der Waals surface area contributed by atoms with Crippen LogP contribution >= 0.6 is 0 Å². The van der Waals surface area contributed by atoms with E-state index < -0.39 is 11.9 Å². The number of rotatable bonds is 4. The molecule has 0 atom stereocenters. The molecule has 3 N–H and O–H groups in total. The molecule has 1 saturated carbocycles. The Hall–Kier alpha value is -1.37. The topological polar surface area (TPSA) is 63.8 Å². The fraction of sp³-hybridized carbons (Fsp3) is 0.600. The van der Waals surface area contributed by atoms with Crippen molar-refractivity contribution in [3.63, 3.8) is 0 Å². The molecule has 1 aromatic heterocycles. The van der Waals surface area contributed by atoms with Gasteiger partial charge < -0.3 is 11.1 Å². The van der Waals surface area contributed by atoms with Gasteiger partial charge in [-0.15, -0.1) is 10.2 Å². The third-order valence-corrected chi connectivity index (χ3v) is 2.99. The van der Waals surface area contributed by atoms with Crippen LogP contribution in [0.3, 0.4) is 0 Å². The zero-order valence-electron chi connectivity index (χ0n) is 9.09. The van der Waals surface area contributed by atoms with Gasteiger partial charge in [-0.05, 0) is 36.9 Å². The van der Waals surface area contributed by atoms with Crippen LogP contribution in [0, 0.1) is 5.41 Å². The summed E-state index contributed by atoms with van der Waals surface area (Å²) in [5.74, 6) is 0.345. The van der Waals surface area contributed by atoms with E-state index in [9.17, 15) is 13.2 Å². The number of anilines is 1. The van der Waals surface area contributed by atoms with Gasteiger partial charge in [-0.3, -0.25) is 0 Å². The van der Waals surface area contributed by atoms with E-state index in [-0.39, 0.29) is 5.41 Å². The summed E-state index contributed by atoms with van der Waals surface area (Å²) in [5.41, 5.74) is 4.71. The fourth-order valence-corrected chi connectivity index (χ4v) is 1.49. The van der Waals surface area contributed by atoms with E-state index in [1.807, 2.05) is 0 Å². The number of hydrogen-bond acceptors (Lipinski definition) is 4. The van der Waals surface area contributed by atoms with Gasteiger partial charge in [0.1, 0.15) is 5.82 Å². The van der Waals surface area contributed by atoms with E-state index in [0.29, 0.717) is 18.9 Å². The van der Waals surface area contributed by atoms with Crippen LogP contribution in [0.25, 0.3) is 0 Å². The van der Waals surface area contributed by atoms with E-state index in [0.717, 1.165) is 18.9 Å². The van der Waals surface area contributed by atoms with Gasteiger partial charge in [0.05, 0.1) is 0 Å². The van der Waals surface area contributed by atoms with Gasteiger partial charge in [0.15, 0.2) is 5.69 Å². The van der Waals surface area contributed by atoms with Crippen molar-refractivity contribution in [2.24, 2.45) is 11.1 Å². The number of aromatic nitrogens is 2. The molecule has 0 aliphatic heterocycles. The molecule has 7 heteroatoms. The molecule has 0 amide bonds. The first kappa shape index (κ1) is 12.1. The first-order chi connectivity index (χ1) is 7.95. The number of nitrogens with one attached hydrogen (secondary N) is 1. The van der Waals surface area contributed by atoms with Gasteiger partial charge in [0, 0.05) is 6.54 Å². The monoisotopic (exact) mass is 246 g/mol. The zero-order chi connectivity index (χ0) is 12.5. The minimum absolute atomic E-state index is 0.102. The lowest BCUT2D eigenvalue weighted by molar-refractivity contribution is -0.141. The normalized spacial score (nSPS) is 17.9. The Bertz CT molecular complexity index is 384. The van der Waals surface area contributed by atoms with Crippen molar-refractivity contribution in [3.05, 3.63) is 17.8 Å². The highest BCUT2D eigenvalue weighted by Crippen LogP contribution is 2.44. The molecule has 0 spiro atoms. The van der Waals surface area contributed by atoms with E-state index in [4.69, 9.17) is 5.73 Å². The highest BCUT2D eigenvalue weighted by molar-refractivity contribution is 5.34. The average Bonchev–Trinajstić information content (AvgIpc) is 3.06. The molecule has 1 heterocycles. The second kappa shape index (κ2) is 4.14. The predicted octanol–water partition coefficient (Wildman–Crippen LogP) is 1.65. The highest BCUT2D eigenvalue weighted by atomic mass is 19.4. The molecule has 0 aromatic carbocycles. The van der Waals surface area contributed by atoms with Crippen molar-refractivity contribution in [2.75, 3.05) is 18.4 Å². The number of alkyl halides is 3. The number of nitrogens with two attached hydrogens (primary N) is 1. The molecule has 1 fully saturated rings. The molecule has 1 aromatic rings. The summed E-state index contributed by atoms with van der Waals surface area (Å²) in [6, 6.07) is 2.19. The van der Waals surface area contributed by atoms with Crippen LogP contribution < -0.4 is 11.1 Å². The Balaban J connectivity index is 1.94. The van der Waals surface area contributed by atoms with Crippen LogP contribution in [0.1, 0.15) is 18.5 Å². The quantitative estimate of drug-likeness (QED) is 0.847. The molecular formula is C10H13F3N4. The molecule has 1 aliphatic rings. The van der Waals surface area contributed by atoms with Gasteiger partial charge in [-0.2, -0.15) is 13.2 Å². The summed E-state index contributed by atoms with van der Waals surface area (Å²) in [7, 11) is 0. The SMILES string of the molecule is NCC1(CNc2ccc(C(F)(F)F)nn2)CC1. The third-order valence-electron chi connectivity index (χ3n) is 2.99. The average molecular weight is 246 g/mol.